The number of aliphatic carboxylic acids is 1. The van der Waals surface area contributed by atoms with Crippen LogP contribution in [-0.4, -0.2) is 80.1 Å². The summed E-state index contributed by atoms with van der Waals surface area (Å²) in [5.74, 6) is -2.33. The number of aryl methyl sites for hydroxylation is 2. The van der Waals surface area contributed by atoms with Crippen molar-refractivity contribution in [1.82, 2.24) is 14.5 Å². The Morgan fingerprint density at radius 2 is 1.68 bits per heavy atom. The van der Waals surface area contributed by atoms with E-state index in [0.717, 1.165) is 30.6 Å². The van der Waals surface area contributed by atoms with Gasteiger partial charge in [0.25, 0.3) is 0 Å². The van der Waals surface area contributed by atoms with Crippen LogP contribution in [0.15, 0.2) is 23.1 Å². The Morgan fingerprint density at radius 1 is 1.12 bits per heavy atom. The van der Waals surface area contributed by atoms with Crippen LogP contribution >= 0.6 is 0 Å². The third-order valence-corrected chi connectivity index (χ3v) is 7.25. The number of hydrogen-bond acceptors (Lipinski definition) is 5. The van der Waals surface area contributed by atoms with E-state index < -0.39 is 22.2 Å². The second-order valence-electron chi connectivity index (χ2n) is 8.52. The molecule has 0 bridgehead atoms. The second-order valence-corrected chi connectivity index (χ2v) is 10.5. The largest absolute Gasteiger partial charge is 0.490 e. The topological polar surface area (TPSA) is 107 Å². The quantitative estimate of drug-likeness (QED) is 0.558. The number of piperazine rings is 1. The van der Waals surface area contributed by atoms with Crippen LogP contribution in [0.5, 0.6) is 0 Å². The Bertz CT molecular complexity index is 930. The average molecular weight is 510 g/mol. The Morgan fingerprint density at radius 3 is 2.15 bits per heavy atom. The molecule has 2 N–H and O–H groups in total. The second kappa shape index (κ2) is 13.1. The summed E-state index contributed by atoms with van der Waals surface area (Å²) in [4.78, 5) is 23.5. The predicted molar refractivity (Wildman–Crippen MR) is 122 cm³/mol. The summed E-state index contributed by atoms with van der Waals surface area (Å²) in [6.07, 6.45) is -4.09. The van der Waals surface area contributed by atoms with E-state index in [9.17, 15) is 26.4 Å². The first kappa shape index (κ1) is 29.9. The number of carbonyl (C=O) groups is 2. The molecule has 0 radical (unpaired) electrons. The molecule has 0 aromatic heterocycles. The van der Waals surface area contributed by atoms with Gasteiger partial charge in [0.1, 0.15) is 0 Å². The molecule has 1 aromatic rings. The van der Waals surface area contributed by atoms with Crippen LogP contribution in [0.3, 0.4) is 0 Å². The molecule has 0 saturated carbocycles. The average Bonchev–Trinajstić information content (AvgIpc) is 2.75. The molecular weight excluding hydrogens is 475 g/mol. The number of halogens is 3. The van der Waals surface area contributed by atoms with E-state index in [4.69, 9.17) is 9.90 Å². The minimum Gasteiger partial charge on any atom is -0.475 e. The monoisotopic (exact) mass is 509 g/mol. The molecule has 0 atom stereocenters. The van der Waals surface area contributed by atoms with E-state index in [1.54, 1.807) is 12.1 Å². The molecule has 1 amide bonds. The van der Waals surface area contributed by atoms with Gasteiger partial charge in [-0.25, -0.2) is 13.2 Å². The van der Waals surface area contributed by atoms with Crippen LogP contribution in [0.1, 0.15) is 37.8 Å². The Hall–Kier alpha value is -2.18. The molecule has 1 aliphatic heterocycles. The highest BCUT2D eigenvalue weighted by Crippen LogP contribution is 2.21. The van der Waals surface area contributed by atoms with Crippen LogP contribution in [-0.2, 0) is 19.6 Å². The van der Waals surface area contributed by atoms with Crippen LogP contribution in [0, 0.1) is 19.8 Å². The number of benzene rings is 1. The van der Waals surface area contributed by atoms with Gasteiger partial charge in [-0.05, 0) is 49.4 Å². The Kier molecular flexibility index (Phi) is 11.5. The molecule has 34 heavy (non-hydrogen) atoms. The fraction of sp³-hybridized carbons (Fsp3) is 0.636. The molecule has 1 aliphatic rings. The van der Waals surface area contributed by atoms with Gasteiger partial charge in [0.2, 0.25) is 15.9 Å². The maximum atomic E-state index is 13.2. The summed E-state index contributed by atoms with van der Waals surface area (Å²) < 4.78 is 59.6. The van der Waals surface area contributed by atoms with Crippen molar-refractivity contribution in [2.45, 2.75) is 51.6 Å². The number of carbonyl (C=O) groups excluding carboxylic acids is 1. The van der Waals surface area contributed by atoms with Gasteiger partial charge in [0, 0.05) is 45.7 Å². The fourth-order valence-corrected chi connectivity index (χ4v) is 4.61. The van der Waals surface area contributed by atoms with Crippen LogP contribution in [0.2, 0.25) is 0 Å². The number of nitrogens with zero attached hydrogens (tertiary/aromatic N) is 2. The van der Waals surface area contributed by atoms with Crippen LogP contribution < -0.4 is 5.32 Å². The summed E-state index contributed by atoms with van der Waals surface area (Å²) in [5.41, 5.74) is 2.02. The number of sulfonamides is 1. The molecule has 0 aliphatic carbocycles. The number of hydrogen-bond donors (Lipinski definition) is 2. The standard InChI is InChI=1S/C20H33N3O3S.C2HF3O2/c1-16(2)7-11-23(12-8-20(24)22-13-9-21-10-14-22)27(25,26)19-6-5-17(3)18(4)15-19;3-2(4,5)1(6)7/h5-6,15-16,21H,7-14H2,1-4H3;(H,6,7). The summed E-state index contributed by atoms with van der Waals surface area (Å²) in [5, 5.41) is 10.3. The van der Waals surface area contributed by atoms with Gasteiger partial charge in [-0.15, -0.1) is 0 Å². The number of nitrogens with one attached hydrogen (secondary N) is 1. The Labute approximate surface area is 199 Å². The van der Waals surface area contributed by atoms with Crippen molar-refractivity contribution < 1.29 is 36.3 Å². The van der Waals surface area contributed by atoms with E-state index in [1.807, 2.05) is 24.8 Å². The van der Waals surface area contributed by atoms with Gasteiger partial charge < -0.3 is 15.3 Å². The third kappa shape index (κ3) is 9.59. The van der Waals surface area contributed by atoms with Crippen molar-refractivity contribution in [3.05, 3.63) is 29.3 Å². The van der Waals surface area contributed by atoms with Gasteiger partial charge in [0.15, 0.2) is 0 Å². The molecule has 194 valence electrons. The summed E-state index contributed by atoms with van der Waals surface area (Å²) >= 11 is 0. The Balaban J connectivity index is 0.000000718. The SMILES string of the molecule is Cc1ccc(S(=O)(=O)N(CCC(=O)N2CCNCC2)CCC(C)C)cc1C.O=C(O)C(F)(F)F. The maximum absolute atomic E-state index is 13.2. The van der Waals surface area contributed by atoms with Crippen molar-refractivity contribution in [3.8, 4) is 0 Å². The molecule has 0 spiro atoms. The third-order valence-electron chi connectivity index (χ3n) is 5.36. The summed E-state index contributed by atoms with van der Waals surface area (Å²) in [7, 11) is -3.61. The fourth-order valence-electron chi connectivity index (χ4n) is 3.07. The smallest absolute Gasteiger partial charge is 0.475 e. The van der Waals surface area contributed by atoms with Gasteiger partial charge in [-0.2, -0.15) is 17.5 Å². The van der Waals surface area contributed by atoms with E-state index in [1.165, 1.54) is 4.31 Å². The van der Waals surface area contributed by atoms with Gasteiger partial charge in [0.05, 0.1) is 4.90 Å². The van der Waals surface area contributed by atoms with Crippen molar-refractivity contribution in [2.75, 3.05) is 39.3 Å². The van der Waals surface area contributed by atoms with Crippen molar-refractivity contribution >= 4 is 21.9 Å². The first-order valence-electron chi connectivity index (χ1n) is 11.0. The molecule has 1 saturated heterocycles. The lowest BCUT2D eigenvalue weighted by molar-refractivity contribution is -0.192. The van der Waals surface area contributed by atoms with E-state index in [2.05, 4.69) is 19.2 Å². The lowest BCUT2D eigenvalue weighted by Crippen LogP contribution is -2.47. The zero-order valence-corrected chi connectivity index (χ0v) is 20.8. The van der Waals surface area contributed by atoms with Crippen molar-refractivity contribution in [3.63, 3.8) is 0 Å². The molecule has 2 rings (SSSR count). The van der Waals surface area contributed by atoms with E-state index >= 15 is 0 Å². The number of alkyl halides is 3. The van der Waals surface area contributed by atoms with E-state index in [-0.39, 0.29) is 18.9 Å². The van der Waals surface area contributed by atoms with Crippen LogP contribution in [0.25, 0.3) is 0 Å². The van der Waals surface area contributed by atoms with E-state index in [0.29, 0.717) is 30.4 Å². The molecule has 8 nitrogen and oxygen atoms in total. The first-order valence-corrected chi connectivity index (χ1v) is 12.5. The highest BCUT2D eigenvalue weighted by atomic mass is 32.2. The molecule has 1 heterocycles. The van der Waals surface area contributed by atoms with Gasteiger partial charge >= 0.3 is 12.1 Å². The summed E-state index contributed by atoms with van der Waals surface area (Å²) in [6.45, 7) is 11.7. The first-order chi connectivity index (χ1) is 15.7. The normalized spacial score (nSPS) is 14.7. The van der Waals surface area contributed by atoms with Gasteiger partial charge in [-0.1, -0.05) is 19.9 Å². The summed E-state index contributed by atoms with van der Waals surface area (Å²) in [6, 6.07) is 5.23. The lowest BCUT2D eigenvalue weighted by Gasteiger charge is -2.29. The maximum Gasteiger partial charge on any atom is 0.490 e. The minimum absolute atomic E-state index is 0.0290. The minimum atomic E-state index is -5.08. The number of carboxylic acid groups (broad SMARTS) is 1. The molecule has 0 unspecified atom stereocenters. The highest BCUT2D eigenvalue weighted by Gasteiger charge is 2.38. The zero-order chi connectivity index (χ0) is 26.1. The van der Waals surface area contributed by atoms with Crippen molar-refractivity contribution in [1.29, 1.82) is 0 Å². The zero-order valence-electron chi connectivity index (χ0n) is 20.0. The number of rotatable bonds is 8. The molecular formula is C22H34F3N3O5S. The molecule has 1 aromatic carbocycles. The van der Waals surface area contributed by atoms with Crippen LogP contribution in [0.4, 0.5) is 13.2 Å². The molecule has 12 heteroatoms. The molecule has 1 fully saturated rings. The van der Waals surface area contributed by atoms with Crippen molar-refractivity contribution in [2.24, 2.45) is 5.92 Å². The number of amides is 1. The highest BCUT2D eigenvalue weighted by molar-refractivity contribution is 7.89. The number of carboxylic acids is 1. The lowest BCUT2D eigenvalue weighted by atomic mass is 10.1. The predicted octanol–water partition coefficient (Wildman–Crippen LogP) is 2.80. The van der Waals surface area contributed by atoms with Gasteiger partial charge in [-0.3, -0.25) is 4.79 Å².